The summed E-state index contributed by atoms with van der Waals surface area (Å²) in [6, 6.07) is 4.03. The lowest BCUT2D eigenvalue weighted by Gasteiger charge is -2.37. The molecule has 182 valence electrons. The van der Waals surface area contributed by atoms with Gasteiger partial charge in [-0.3, -0.25) is 0 Å². The number of carbonyl (C=O) groups is 1. The number of nitrogens with zero attached hydrogens (tertiary/aromatic N) is 4. The number of fused-ring (bicyclic) bond motifs is 1. The Kier molecular flexibility index (Phi) is 7.08. The Morgan fingerprint density at radius 2 is 1.76 bits per heavy atom. The Bertz CT molecular complexity index is 989. The second-order valence-corrected chi connectivity index (χ2v) is 12.8. The first kappa shape index (κ1) is 24.5. The summed E-state index contributed by atoms with van der Waals surface area (Å²) in [6.45, 7) is 16.3. The van der Waals surface area contributed by atoms with Crippen molar-refractivity contribution >= 4 is 46.2 Å². The molecular formula is C24H36ClN5O2S. The number of ether oxygens (including phenoxy) is 1. The van der Waals surface area contributed by atoms with Crippen LogP contribution in [0.15, 0.2) is 17.3 Å². The smallest absolute Gasteiger partial charge is 0.410 e. The van der Waals surface area contributed by atoms with Crippen molar-refractivity contribution in [3.05, 3.63) is 17.2 Å². The minimum Gasteiger partial charge on any atom is -0.444 e. The minimum absolute atomic E-state index is 0.0723. The quantitative estimate of drug-likeness (QED) is 0.574. The molecule has 0 bridgehead atoms. The average Bonchev–Trinajstić information content (AvgIpc) is 3.34. The van der Waals surface area contributed by atoms with E-state index in [2.05, 4.69) is 34.7 Å². The molecule has 0 spiro atoms. The highest BCUT2D eigenvalue weighted by Crippen LogP contribution is 2.36. The topological polar surface area (TPSA) is 64.7 Å². The number of hydrogen-bond acceptors (Lipinski definition) is 6. The second-order valence-electron chi connectivity index (χ2n) is 10.7. The van der Waals surface area contributed by atoms with Crippen LogP contribution in [0.2, 0.25) is 5.02 Å². The maximum atomic E-state index is 12.4. The number of amides is 1. The summed E-state index contributed by atoms with van der Waals surface area (Å²) in [5, 5.41) is 1.62. The number of H-pyrrole nitrogens is 1. The largest absolute Gasteiger partial charge is 0.444 e. The second kappa shape index (κ2) is 9.55. The van der Waals surface area contributed by atoms with Gasteiger partial charge in [0.2, 0.25) is 0 Å². The molecule has 9 heteroatoms. The molecule has 0 aliphatic carbocycles. The van der Waals surface area contributed by atoms with Crippen LogP contribution in [0.25, 0.3) is 11.0 Å². The Balaban J connectivity index is 1.42. The third-order valence-corrected chi connectivity index (χ3v) is 7.35. The third-order valence-electron chi connectivity index (χ3n) is 5.98. The molecule has 0 atom stereocenters. The molecule has 0 unspecified atom stereocenters. The number of likely N-dealkylation sites (tertiary alicyclic amines) is 1. The van der Waals surface area contributed by atoms with Gasteiger partial charge in [0.1, 0.15) is 5.60 Å². The van der Waals surface area contributed by atoms with Gasteiger partial charge in [0.25, 0.3) is 0 Å². The average molecular weight is 494 g/mol. The van der Waals surface area contributed by atoms with E-state index in [0.29, 0.717) is 31.2 Å². The number of halogens is 1. The zero-order valence-electron chi connectivity index (χ0n) is 20.4. The minimum atomic E-state index is -0.484. The molecule has 2 saturated heterocycles. The van der Waals surface area contributed by atoms with E-state index < -0.39 is 5.60 Å². The number of piperazine rings is 1. The first-order chi connectivity index (χ1) is 15.5. The Hall–Kier alpha value is -1.64. The van der Waals surface area contributed by atoms with Crippen molar-refractivity contribution in [3.8, 4) is 0 Å². The SMILES string of the molecule is CC(C)(C)OC(=O)N1CCN(c2cc3[nH]c(SC(C)(C)CN4CCCC4)nc3cc2Cl)CC1. The van der Waals surface area contributed by atoms with E-state index in [4.69, 9.17) is 21.3 Å². The summed E-state index contributed by atoms with van der Waals surface area (Å²) < 4.78 is 5.58. The first-order valence-corrected chi connectivity index (χ1v) is 13.0. The number of anilines is 1. The molecule has 1 aromatic carbocycles. The van der Waals surface area contributed by atoms with E-state index in [-0.39, 0.29) is 10.8 Å². The monoisotopic (exact) mass is 493 g/mol. The highest BCUT2D eigenvalue weighted by Gasteiger charge is 2.28. The van der Waals surface area contributed by atoms with Crippen LogP contribution < -0.4 is 4.90 Å². The lowest BCUT2D eigenvalue weighted by Crippen LogP contribution is -2.50. The van der Waals surface area contributed by atoms with Gasteiger partial charge in [-0.2, -0.15) is 0 Å². The summed E-state index contributed by atoms with van der Waals surface area (Å²) in [5.41, 5.74) is 2.37. The van der Waals surface area contributed by atoms with Crippen LogP contribution in [-0.2, 0) is 4.74 Å². The van der Waals surface area contributed by atoms with E-state index in [1.54, 1.807) is 16.7 Å². The lowest BCUT2D eigenvalue weighted by atomic mass is 10.2. The Morgan fingerprint density at radius 3 is 2.39 bits per heavy atom. The number of benzene rings is 1. The van der Waals surface area contributed by atoms with Gasteiger partial charge in [-0.05, 0) is 72.7 Å². The molecule has 4 rings (SSSR count). The van der Waals surface area contributed by atoms with Gasteiger partial charge in [0.15, 0.2) is 5.16 Å². The van der Waals surface area contributed by atoms with Crippen LogP contribution in [-0.4, -0.2) is 82.0 Å². The molecule has 2 fully saturated rings. The molecule has 7 nitrogen and oxygen atoms in total. The number of hydrogen-bond donors (Lipinski definition) is 1. The molecular weight excluding hydrogens is 458 g/mol. The predicted molar refractivity (Wildman–Crippen MR) is 137 cm³/mol. The van der Waals surface area contributed by atoms with Gasteiger partial charge in [-0.25, -0.2) is 9.78 Å². The highest BCUT2D eigenvalue weighted by atomic mass is 35.5. The van der Waals surface area contributed by atoms with Crippen molar-refractivity contribution in [1.29, 1.82) is 0 Å². The van der Waals surface area contributed by atoms with Crippen molar-refractivity contribution in [3.63, 3.8) is 0 Å². The number of thioether (sulfide) groups is 1. The van der Waals surface area contributed by atoms with Crippen LogP contribution in [0.3, 0.4) is 0 Å². The summed E-state index contributed by atoms with van der Waals surface area (Å²) in [6.07, 6.45) is 2.35. The Morgan fingerprint density at radius 1 is 1.09 bits per heavy atom. The third kappa shape index (κ3) is 6.28. The number of aromatic nitrogens is 2. The number of rotatable bonds is 5. The molecule has 33 heavy (non-hydrogen) atoms. The van der Waals surface area contributed by atoms with Crippen molar-refractivity contribution in [1.82, 2.24) is 19.8 Å². The molecule has 3 heterocycles. The first-order valence-electron chi connectivity index (χ1n) is 11.8. The fourth-order valence-corrected chi connectivity index (χ4v) is 5.87. The Labute approximate surface area is 206 Å². The standard InChI is InChI=1S/C24H36ClN5O2S/c1-23(2,3)32-22(31)30-12-10-29(11-13-30)20-15-19-18(14-17(20)25)26-21(27-19)33-24(4,5)16-28-8-6-7-9-28/h14-15H,6-13,16H2,1-5H3,(H,26,27). The van der Waals surface area contributed by atoms with Gasteiger partial charge in [-0.1, -0.05) is 23.4 Å². The fraction of sp³-hybridized carbons (Fsp3) is 0.667. The van der Waals surface area contributed by atoms with Crippen LogP contribution >= 0.6 is 23.4 Å². The van der Waals surface area contributed by atoms with Crippen LogP contribution in [0.4, 0.5) is 10.5 Å². The van der Waals surface area contributed by atoms with Crippen molar-refractivity contribution in [2.24, 2.45) is 0 Å². The number of imidazole rings is 1. The fourth-order valence-electron chi connectivity index (χ4n) is 4.52. The van der Waals surface area contributed by atoms with E-state index in [1.807, 2.05) is 26.8 Å². The van der Waals surface area contributed by atoms with E-state index in [0.717, 1.165) is 28.4 Å². The number of carbonyl (C=O) groups excluding carboxylic acids is 1. The van der Waals surface area contributed by atoms with Gasteiger partial charge in [-0.15, -0.1) is 0 Å². The molecule has 2 aromatic rings. The van der Waals surface area contributed by atoms with E-state index in [9.17, 15) is 4.79 Å². The van der Waals surface area contributed by atoms with Crippen molar-refractivity contribution < 1.29 is 9.53 Å². The summed E-state index contributed by atoms with van der Waals surface area (Å²) in [4.78, 5) is 27.2. The maximum absolute atomic E-state index is 12.4. The van der Waals surface area contributed by atoms with Crippen molar-refractivity contribution in [2.45, 2.75) is 63.0 Å². The molecule has 2 aliphatic rings. The number of aromatic amines is 1. The van der Waals surface area contributed by atoms with Gasteiger partial charge in [0, 0.05) is 37.5 Å². The molecule has 1 aromatic heterocycles. The van der Waals surface area contributed by atoms with Crippen LogP contribution in [0.1, 0.15) is 47.5 Å². The zero-order valence-corrected chi connectivity index (χ0v) is 22.0. The molecule has 1 N–H and O–H groups in total. The van der Waals surface area contributed by atoms with Gasteiger partial charge >= 0.3 is 6.09 Å². The van der Waals surface area contributed by atoms with E-state index in [1.165, 1.54) is 25.9 Å². The highest BCUT2D eigenvalue weighted by molar-refractivity contribution is 8.00. The number of nitrogens with one attached hydrogen (secondary N) is 1. The summed E-state index contributed by atoms with van der Waals surface area (Å²) in [7, 11) is 0. The summed E-state index contributed by atoms with van der Waals surface area (Å²) >= 11 is 8.45. The predicted octanol–water partition coefficient (Wildman–Crippen LogP) is 5.24. The molecule has 0 radical (unpaired) electrons. The molecule has 0 saturated carbocycles. The normalized spacial score (nSPS) is 18.4. The van der Waals surface area contributed by atoms with Gasteiger partial charge < -0.3 is 24.4 Å². The zero-order chi connectivity index (χ0) is 23.8. The summed E-state index contributed by atoms with van der Waals surface area (Å²) in [5.74, 6) is 0. The van der Waals surface area contributed by atoms with Crippen molar-refractivity contribution in [2.75, 3.05) is 50.7 Å². The lowest BCUT2D eigenvalue weighted by molar-refractivity contribution is 0.0240. The van der Waals surface area contributed by atoms with Crippen LogP contribution in [0, 0.1) is 0 Å². The molecule has 1 amide bonds. The maximum Gasteiger partial charge on any atom is 0.410 e. The van der Waals surface area contributed by atoms with E-state index >= 15 is 0 Å². The van der Waals surface area contributed by atoms with Crippen LogP contribution in [0.5, 0.6) is 0 Å². The van der Waals surface area contributed by atoms with Gasteiger partial charge in [0.05, 0.1) is 21.7 Å². The molecule has 2 aliphatic heterocycles.